The maximum Gasteiger partial charge on any atom is 0.0447 e. The number of rotatable bonds is 0. The van der Waals surface area contributed by atoms with Crippen molar-refractivity contribution >= 4 is 5.69 Å². The van der Waals surface area contributed by atoms with Gasteiger partial charge in [-0.05, 0) is 18.6 Å². The molecule has 1 aliphatic rings. The van der Waals surface area contributed by atoms with Crippen molar-refractivity contribution < 1.29 is 0 Å². The highest BCUT2D eigenvalue weighted by molar-refractivity contribution is 5.69. The Bertz CT molecular complexity index is 388. The first-order valence-corrected chi connectivity index (χ1v) is 5.09. The molecule has 0 atom stereocenters. The summed E-state index contributed by atoms with van der Waals surface area (Å²) in [6.45, 7) is 6.68. The largest absolute Gasteiger partial charge is 0.347 e. The highest BCUT2D eigenvalue weighted by Gasteiger charge is 2.37. The lowest BCUT2D eigenvalue weighted by Gasteiger charge is -2.23. The molecule has 0 spiro atoms. The number of likely N-dealkylation sites (N-methyl/N-ethyl adjacent to an activating group) is 1. The van der Waals surface area contributed by atoms with Crippen molar-refractivity contribution in [1.29, 1.82) is 0 Å². The summed E-state index contributed by atoms with van der Waals surface area (Å²) in [5.41, 5.74) is 4.31. The van der Waals surface area contributed by atoms with Crippen LogP contribution in [0.3, 0.4) is 0 Å². The third-order valence-electron chi connectivity index (χ3n) is 3.21. The Hall–Kier alpha value is -1.24. The summed E-state index contributed by atoms with van der Waals surface area (Å²) in [7, 11) is 2.14. The van der Waals surface area contributed by atoms with Gasteiger partial charge in [-0.15, -0.1) is 0 Å². The topological polar surface area (TPSA) is 3.24 Å². The van der Waals surface area contributed by atoms with Crippen LogP contribution in [0.4, 0.5) is 5.69 Å². The van der Waals surface area contributed by atoms with Gasteiger partial charge in [0.05, 0.1) is 0 Å². The first kappa shape index (κ1) is 9.32. The number of nitrogens with zero attached hydrogens (tertiary/aromatic N) is 1. The third kappa shape index (κ3) is 1.02. The SMILES string of the molecule is C/C=C1/N(C)c2ccccc2C1(C)C. The van der Waals surface area contributed by atoms with Gasteiger partial charge in [0.1, 0.15) is 0 Å². The molecule has 1 aromatic rings. The van der Waals surface area contributed by atoms with E-state index in [2.05, 4.69) is 63.1 Å². The van der Waals surface area contributed by atoms with E-state index in [1.807, 2.05) is 0 Å². The van der Waals surface area contributed by atoms with E-state index in [0.717, 1.165) is 0 Å². The molecule has 74 valence electrons. The Kier molecular flexibility index (Phi) is 1.91. The summed E-state index contributed by atoms with van der Waals surface area (Å²) >= 11 is 0. The van der Waals surface area contributed by atoms with Crippen LogP contribution in [0.1, 0.15) is 26.3 Å². The molecule has 1 aromatic carbocycles. The van der Waals surface area contributed by atoms with Gasteiger partial charge < -0.3 is 4.90 Å². The molecule has 1 aliphatic heterocycles. The maximum atomic E-state index is 2.29. The van der Waals surface area contributed by atoms with Crippen molar-refractivity contribution in [3.63, 3.8) is 0 Å². The van der Waals surface area contributed by atoms with Crippen LogP contribution >= 0.6 is 0 Å². The van der Waals surface area contributed by atoms with E-state index in [9.17, 15) is 0 Å². The van der Waals surface area contributed by atoms with Gasteiger partial charge in [-0.3, -0.25) is 0 Å². The molecule has 0 radical (unpaired) electrons. The van der Waals surface area contributed by atoms with E-state index < -0.39 is 0 Å². The minimum atomic E-state index is 0.153. The lowest BCUT2D eigenvalue weighted by molar-refractivity contribution is 0.639. The van der Waals surface area contributed by atoms with Gasteiger partial charge in [0.2, 0.25) is 0 Å². The van der Waals surface area contributed by atoms with Crippen molar-refractivity contribution in [2.75, 3.05) is 11.9 Å². The fraction of sp³-hybridized carbons (Fsp3) is 0.385. The predicted octanol–water partition coefficient (Wildman–Crippen LogP) is 3.32. The Morgan fingerprint density at radius 2 is 1.86 bits per heavy atom. The van der Waals surface area contributed by atoms with E-state index in [0.29, 0.717) is 0 Å². The van der Waals surface area contributed by atoms with E-state index in [1.54, 1.807) is 0 Å². The number of allylic oxidation sites excluding steroid dienone is 2. The second kappa shape index (κ2) is 2.88. The molecular weight excluding hydrogens is 170 g/mol. The van der Waals surface area contributed by atoms with Crippen LogP contribution in [0.2, 0.25) is 0 Å². The van der Waals surface area contributed by atoms with E-state index in [4.69, 9.17) is 0 Å². The van der Waals surface area contributed by atoms with E-state index in [-0.39, 0.29) is 5.41 Å². The Morgan fingerprint density at radius 1 is 1.21 bits per heavy atom. The average Bonchev–Trinajstić information content (AvgIpc) is 2.36. The molecule has 1 nitrogen and oxygen atoms in total. The Labute approximate surface area is 86.1 Å². The number of benzene rings is 1. The van der Waals surface area contributed by atoms with Crippen LogP contribution in [0, 0.1) is 0 Å². The lowest BCUT2D eigenvalue weighted by atomic mass is 9.84. The fourth-order valence-corrected chi connectivity index (χ4v) is 2.54. The van der Waals surface area contributed by atoms with Crippen molar-refractivity contribution in [3.05, 3.63) is 41.6 Å². The monoisotopic (exact) mass is 187 g/mol. The van der Waals surface area contributed by atoms with Crippen LogP contribution in [0.15, 0.2) is 36.0 Å². The summed E-state index contributed by atoms with van der Waals surface area (Å²) in [6, 6.07) is 8.63. The maximum absolute atomic E-state index is 2.29. The molecule has 0 amide bonds. The molecule has 0 aliphatic carbocycles. The van der Waals surface area contributed by atoms with Crippen molar-refractivity contribution in [2.45, 2.75) is 26.2 Å². The number of anilines is 1. The normalized spacial score (nSPS) is 21.4. The highest BCUT2D eigenvalue weighted by Crippen LogP contribution is 2.46. The first-order chi connectivity index (χ1) is 6.59. The zero-order chi connectivity index (χ0) is 10.3. The zero-order valence-corrected chi connectivity index (χ0v) is 9.33. The predicted molar refractivity (Wildman–Crippen MR) is 61.6 cm³/mol. The summed E-state index contributed by atoms with van der Waals surface area (Å²) < 4.78 is 0. The molecule has 0 fully saturated rings. The van der Waals surface area contributed by atoms with Gasteiger partial charge in [0, 0.05) is 23.8 Å². The highest BCUT2D eigenvalue weighted by atomic mass is 15.2. The summed E-state index contributed by atoms with van der Waals surface area (Å²) in [6.07, 6.45) is 2.21. The molecule has 1 heterocycles. The van der Waals surface area contributed by atoms with Gasteiger partial charge in [-0.1, -0.05) is 38.1 Å². The van der Waals surface area contributed by atoms with Crippen molar-refractivity contribution in [1.82, 2.24) is 0 Å². The van der Waals surface area contributed by atoms with Crippen molar-refractivity contribution in [2.24, 2.45) is 0 Å². The van der Waals surface area contributed by atoms with Crippen LogP contribution < -0.4 is 4.90 Å². The van der Waals surface area contributed by atoms with E-state index in [1.165, 1.54) is 16.9 Å². The van der Waals surface area contributed by atoms with Gasteiger partial charge in [-0.2, -0.15) is 0 Å². The fourth-order valence-electron chi connectivity index (χ4n) is 2.54. The van der Waals surface area contributed by atoms with Gasteiger partial charge in [0.25, 0.3) is 0 Å². The van der Waals surface area contributed by atoms with Crippen LogP contribution in [-0.2, 0) is 5.41 Å². The van der Waals surface area contributed by atoms with Gasteiger partial charge >= 0.3 is 0 Å². The Morgan fingerprint density at radius 3 is 2.43 bits per heavy atom. The lowest BCUT2D eigenvalue weighted by Crippen LogP contribution is -2.22. The second-order valence-corrected chi connectivity index (χ2v) is 4.38. The number of fused-ring (bicyclic) bond motifs is 1. The van der Waals surface area contributed by atoms with Crippen LogP contribution in [0.25, 0.3) is 0 Å². The molecule has 0 bridgehead atoms. The number of hydrogen-bond donors (Lipinski definition) is 0. The number of para-hydroxylation sites is 1. The quantitative estimate of drug-likeness (QED) is 0.602. The van der Waals surface area contributed by atoms with Crippen LogP contribution in [-0.4, -0.2) is 7.05 Å². The molecule has 0 aromatic heterocycles. The average molecular weight is 187 g/mol. The molecular formula is C13H17N. The summed E-state index contributed by atoms with van der Waals surface area (Å²) in [4.78, 5) is 2.29. The van der Waals surface area contributed by atoms with Gasteiger partial charge in [0.15, 0.2) is 0 Å². The standard InChI is InChI=1S/C13H17N/c1-5-12-13(2,3)10-8-6-7-9-11(10)14(12)4/h5-9H,1-4H3/b12-5+. The molecule has 0 saturated carbocycles. The van der Waals surface area contributed by atoms with Crippen LogP contribution in [0.5, 0.6) is 0 Å². The van der Waals surface area contributed by atoms with Crippen molar-refractivity contribution in [3.8, 4) is 0 Å². The smallest absolute Gasteiger partial charge is 0.0447 e. The summed E-state index contributed by atoms with van der Waals surface area (Å²) in [5, 5.41) is 0. The zero-order valence-electron chi connectivity index (χ0n) is 9.33. The molecule has 0 saturated heterocycles. The second-order valence-electron chi connectivity index (χ2n) is 4.38. The number of hydrogen-bond acceptors (Lipinski definition) is 1. The molecule has 0 unspecified atom stereocenters. The minimum absolute atomic E-state index is 0.153. The Balaban J connectivity index is 2.67. The first-order valence-electron chi connectivity index (χ1n) is 5.09. The third-order valence-corrected chi connectivity index (χ3v) is 3.21. The van der Waals surface area contributed by atoms with E-state index >= 15 is 0 Å². The molecule has 14 heavy (non-hydrogen) atoms. The van der Waals surface area contributed by atoms with Gasteiger partial charge in [-0.25, -0.2) is 0 Å². The molecule has 0 N–H and O–H groups in total. The minimum Gasteiger partial charge on any atom is -0.347 e. The molecule has 1 heteroatoms. The summed E-state index contributed by atoms with van der Waals surface area (Å²) in [5.74, 6) is 0. The molecule has 2 rings (SSSR count).